The number of halogens is 1. The van der Waals surface area contributed by atoms with E-state index in [1.807, 2.05) is 0 Å². The van der Waals surface area contributed by atoms with Gasteiger partial charge in [-0.1, -0.05) is 39.3 Å². The standard InChI is InChI=1S/C30H43FN4O7/c1-16(2)26(41)33-13-24(39)32-14-25(40)35-34-22(15-36)30(42)17(3)10-21-20-7-6-18-11-19(37)8-9-27(18,4)29(20,31)23(38)12-28(21,30)5/h8-9,11,16-17,20-21,23,36,38,42H,6-7,10,12-15H2,1-5H3,(H,32,39)(H,33,41)(H,35,40)/b34-22+. The molecule has 0 heterocycles. The lowest BCUT2D eigenvalue weighted by Gasteiger charge is -2.62. The monoisotopic (exact) mass is 590 g/mol. The Hall–Kier alpha value is -2.96. The van der Waals surface area contributed by atoms with Crippen molar-refractivity contribution in [3.8, 4) is 0 Å². The molecule has 0 bridgehead atoms. The molecular formula is C30H43FN4O7. The van der Waals surface area contributed by atoms with Crippen molar-refractivity contribution in [3.05, 3.63) is 23.8 Å². The minimum atomic E-state index is -2.07. The van der Waals surface area contributed by atoms with Gasteiger partial charge in [-0.15, -0.1) is 0 Å². The Balaban J connectivity index is 1.52. The lowest BCUT2D eigenvalue weighted by Crippen LogP contribution is -2.69. The van der Waals surface area contributed by atoms with E-state index >= 15 is 4.39 Å². The van der Waals surface area contributed by atoms with E-state index in [4.69, 9.17) is 0 Å². The summed E-state index contributed by atoms with van der Waals surface area (Å²) in [6, 6.07) is 0. The molecule has 0 aromatic rings. The zero-order valence-electron chi connectivity index (χ0n) is 24.9. The summed E-state index contributed by atoms with van der Waals surface area (Å²) in [5.41, 5.74) is -3.29. The van der Waals surface area contributed by atoms with E-state index in [2.05, 4.69) is 21.2 Å². The molecule has 3 fully saturated rings. The number of fused-ring (bicyclic) bond motifs is 5. The number of hydrazone groups is 1. The summed E-state index contributed by atoms with van der Waals surface area (Å²) in [6.07, 6.45) is 4.06. The van der Waals surface area contributed by atoms with Crippen LogP contribution in [0.3, 0.4) is 0 Å². The third kappa shape index (κ3) is 4.81. The van der Waals surface area contributed by atoms with Crippen molar-refractivity contribution in [1.82, 2.24) is 16.1 Å². The quantitative estimate of drug-likeness (QED) is 0.178. The van der Waals surface area contributed by atoms with Gasteiger partial charge >= 0.3 is 0 Å². The minimum Gasteiger partial charge on any atom is -0.390 e. The molecule has 4 rings (SSSR count). The SMILES string of the molecule is CC(C)C(=O)NCC(=O)NCC(=O)N/N=C(\CO)C1(O)C(C)CC2C3CCC4=CC(=O)C=CC4(C)C3(F)C(O)CC21C. The maximum absolute atomic E-state index is 17.3. The van der Waals surface area contributed by atoms with Crippen LogP contribution in [0.2, 0.25) is 0 Å². The summed E-state index contributed by atoms with van der Waals surface area (Å²) in [6.45, 7) is 7.18. The molecule has 3 amide bonds. The molecule has 6 N–H and O–H groups in total. The average molecular weight is 591 g/mol. The smallest absolute Gasteiger partial charge is 0.259 e. The van der Waals surface area contributed by atoms with Crippen molar-refractivity contribution in [2.24, 2.45) is 39.6 Å². The van der Waals surface area contributed by atoms with Crippen LogP contribution in [0.5, 0.6) is 0 Å². The van der Waals surface area contributed by atoms with Crippen molar-refractivity contribution < 1.29 is 38.9 Å². The fourth-order valence-corrected chi connectivity index (χ4v) is 8.18. The van der Waals surface area contributed by atoms with Crippen molar-refractivity contribution in [2.75, 3.05) is 19.7 Å². The van der Waals surface area contributed by atoms with E-state index < -0.39 is 65.0 Å². The van der Waals surface area contributed by atoms with Gasteiger partial charge in [0.05, 0.1) is 31.5 Å². The molecule has 0 aromatic heterocycles. The Labute approximate surface area is 245 Å². The average Bonchev–Trinajstić information content (AvgIpc) is 3.13. The highest BCUT2D eigenvalue weighted by Gasteiger charge is 2.75. The molecule has 3 saturated carbocycles. The minimum absolute atomic E-state index is 0.117. The maximum Gasteiger partial charge on any atom is 0.259 e. The number of carbonyl (C=O) groups excluding carboxylic acids is 4. The van der Waals surface area contributed by atoms with E-state index in [-0.39, 0.29) is 42.2 Å². The summed E-state index contributed by atoms with van der Waals surface area (Å²) < 4.78 is 17.3. The molecule has 12 heteroatoms. The zero-order chi connectivity index (χ0) is 31.3. The Morgan fingerprint density at radius 1 is 1.14 bits per heavy atom. The lowest BCUT2D eigenvalue weighted by molar-refractivity contribution is -0.209. The van der Waals surface area contributed by atoms with Crippen molar-refractivity contribution in [3.63, 3.8) is 0 Å². The molecule has 8 atom stereocenters. The highest BCUT2D eigenvalue weighted by molar-refractivity contribution is 6.01. The number of nitrogens with zero attached hydrogens (tertiary/aromatic N) is 1. The number of aliphatic hydroxyl groups excluding tert-OH is 2. The molecule has 4 aliphatic rings. The second-order valence-electron chi connectivity index (χ2n) is 13.1. The van der Waals surface area contributed by atoms with Gasteiger partial charge in [-0.25, -0.2) is 9.82 Å². The van der Waals surface area contributed by atoms with Gasteiger partial charge in [-0.2, -0.15) is 5.10 Å². The van der Waals surface area contributed by atoms with Gasteiger partial charge in [-0.3, -0.25) is 19.2 Å². The predicted molar refractivity (Wildman–Crippen MR) is 151 cm³/mol. The molecule has 4 aliphatic carbocycles. The van der Waals surface area contributed by atoms with Gasteiger partial charge in [0.25, 0.3) is 5.91 Å². The van der Waals surface area contributed by atoms with Crippen LogP contribution >= 0.6 is 0 Å². The highest BCUT2D eigenvalue weighted by Crippen LogP contribution is 2.70. The van der Waals surface area contributed by atoms with Crippen LogP contribution in [0.15, 0.2) is 28.9 Å². The highest BCUT2D eigenvalue weighted by atomic mass is 19.1. The number of hydrogen-bond donors (Lipinski definition) is 6. The molecule has 0 aromatic carbocycles. The first-order chi connectivity index (χ1) is 19.6. The van der Waals surface area contributed by atoms with Gasteiger partial charge < -0.3 is 26.0 Å². The molecule has 0 radical (unpaired) electrons. The fourth-order valence-electron chi connectivity index (χ4n) is 8.18. The van der Waals surface area contributed by atoms with Crippen LogP contribution in [0.25, 0.3) is 0 Å². The van der Waals surface area contributed by atoms with E-state index in [9.17, 15) is 34.5 Å². The second-order valence-corrected chi connectivity index (χ2v) is 13.1. The summed E-state index contributed by atoms with van der Waals surface area (Å²) in [7, 11) is 0. The third-order valence-electron chi connectivity index (χ3n) is 10.5. The Morgan fingerprint density at radius 3 is 2.45 bits per heavy atom. The van der Waals surface area contributed by atoms with Crippen LogP contribution in [0.1, 0.15) is 60.3 Å². The molecule has 0 aliphatic heterocycles. The van der Waals surface area contributed by atoms with Crippen LogP contribution < -0.4 is 16.1 Å². The maximum atomic E-state index is 17.3. The number of alkyl halides is 1. The predicted octanol–water partition coefficient (Wildman–Crippen LogP) is 0.687. The molecule has 0 spiro atoms. The number of ketones is 1. The molecular weight excluding hydrogens is 547 g/mol. The van der Waals surface area contributed by atoms with E-state index in [0.29, 0.717) is 24.8 Å². The van der Waals surface area contributed by atoms with Crippen molar-refractivity contribution in [2.45, 2.75) is 77.7 Å². The summed E-state index contributed by atoms with van der Waals surface area (Å²) in [5, 5.41) is 42.9. The first-order valence-corrected chi connectivity index (χ1v) is 14.6. The first kappa shape index (κ1) is 32.0. The first-order valence-electron chi connectivity index (χ1n) is 14.6. The van der Waals surface area contributed by atoms with Gasteiger partial charge in [0, 0.05) is 22.7 Å². The van der Waals surface area contributed by atoms with Gasteiger partial charge in [-0.05, 0) is 56.6 Å². The van der Waals surface area contributed by atoms with Crippen molar-refractivity contribution in [1.29, 1.82) is 0 Å². The summed E-state index contributed by atoms with van der Waals surface area (Å²) >= 11 is 0. The Bertz CT molecular complexity index is 1250. The number of nitrogens with one attached hydrogen (secondary N) is 3. The topological polar surface area (TPSA) is 177 Å². The number of aliphatic hydroxyl groups is 3. The van der Waals surface area contributed by atoms with Gasteiger partial charge in [0.2, 0.25) is 11.8 Å². The molecule has 42 heavy (non-hydrogen) atoms. The second kappa shape index (κ2) is 11.3. The Morgan fingerprint density at radius 2 is 1.81 bits per heavy atom. The number of hydrogen-bond acceptors (Lipinski definition) is 8. The molecule has 11 nitrogen and oxygen atoms in total. The van der Waals surface area contributed by atoms with Crippen LogP contribution in [0, 0.1) is 34.5 Å². The van der Waals surface area contributed by atoms with E-state index in [1.54, 1.807) is 40.7 Å². The normalized spacial score (nSPS) is 39.1. The molecule has 232 valence electrons. The van der Waals surface area contributed by atoms with E-state index in [1.165, 1.54) is 12.2 Å². The number of amides is 3. The number of rotatable bonds is 8. The Kier molecular flexibility index (Phi) is 8.58. The number of allylic oxidation sites excluding steroid dienone is 4. The molecule has 0 saturated heterocycles. The van der Waals surface area contributed by atoms with Crippen LogP contribution in [-0.2, 0) is 19.2 Å². The summed E-state index contributed by atoms with van der Waals surface area (Å²) in [4.78, 5) is 48.1. The fraction of sp³-hybridized carbons (Fsp3) is 0.700. The zero-order valence-corrected chi connectivity index (χ0v) is 24.9. The van der Waals surface area contributed by atoms with Crippen molar-refractivity contribution >= 4 is 29.2 Å². The van der Waals surface area contributed by atoms with Gasteiger partial charge in [0.1, 0.15) is 5.60 Å². The van der Waals surface area contributed by atoms with Gasteiger partial charge in [0.15, 0.2) is 11.5 Å². The van der Waals surface area contributed by atoms with Crippen LogP contribution in [0.4, 0.5) is 4.39 Å². The summed E-state index contributed by atoms with van der Waals surface area (Å²) in [5.74, 6) is -3.62. The molecule has 8 unspecified atom stereocenters. The third-order valence-corrected chi connectivity index (χ3v) is 10.5. The largest absolute Gasteiger partial charge is 0.390 e. The van der Waals surface area contributed by atoms with E-state index in [0.717, 1.165) is 0 Å². The number of carbonyl (C=O) groups is 4. The van der Waals surface area contributed by atoms with Crippen LogP contribution in [-0.4, -0.2) is 81.6 Å². The lowest BCUT2D eigenvalue weighted by atomic mass is 9.44.